The first-order valence-electron chi connectivity index (χ1n) is 9.07. The zero-order chi connectivity index (χ0) is 19.5. The number of ether oxygens (including phenoxy) is 1. The molecule has 0 unspecified atom stereocenters. The Bertz CT molecular complexity index is 1070. The Hall–Kier alpha value is -3.66. The summed E-state index contributed by atoms with van der Waals surface area (Å²) in [5.74, 6) is 1.22. The minimum atomic E-state index is -0.149. The van der Waals surface area contributed by atoms with Crippen LogP contribution in [0, 0.1) is 6.92 Å². The summed E-state index contributed by atoms with van der Waals surface area (Å²) in [7, 11) is 1.62. The number of hydrogen-bond acceptors (Lipinski definition) is 3. The molecule has 4 heteroatoms. The van der Waals surface area contributed by atoms with Crippen LogP contribution in [-0.4, -0.2) is 18.9 Å². The van der Waals surface area contributed by atoms with E-state index in [2.05, 4.69) is 0 Å². The number of benzene rings is 3. The number of carbonyl (C=O) groups excluding carboxylic acids is 1. The Labute approximate surface area is 164 Å². The number of hydrogen-bond donors (Lipinski definition) is 0. The molecule has 3 aromatic carbocycles. The second-order valence-corrected chi connectivity index (χ2v) is 6.58. The lowest BCUT2D eigenvalue weighted by molar-refractivity contribution is -0.113. The third-order valence-electron chi connectivity index (χ3n) is 4.58. The van der Waals surface area contributed by atoms with Crippen molar-refractivity contribution in [3.8, 4) is 5.75 Å². The predicted molar refractivity (Wildman–Crippen MR) is 113 cm³/mol. The van der Waals surface area contributed by atoms with Crippen LogP contribution in [0.3, 0.4) is 0 Å². The summed E-state index contributed by atoms with van der Waals surface area (Å²) >= 11 is 0. The Morgan fingerprint density at radius 3 is 2.39 bits per heavy atom. The molecule has 0 spiro atoms. The molecule has 1 aliphatic rings. The summed E-state index contributed by atoms with van der Waals surface area (Å²) in [6, 6.07) is 25.2. The number of carbonyl (C=O) groups is 1. The highest BCUT2D eigenvalue weighted by atomic mass is 16.5. The van der Waals surface area contributed by atoms with Gasteiger partial charge in [0.2, 0.25) is 0 Å². The highest BCUT2D eigenvalue weighted by Gasteiger charge is 2.32. The molecule has 3 aromatic rings. The van der Waals surface area contributed by atoms with Gasteiger partial charge in [0.1, 0.15) is 17.3 Å². The minimum Gasteiger partial charge on any atom is -0.497 e. The molecule has 0 atom stereocenters. The van der Waals surface area contributed by atoms with E-state index in [0.717, 1.165) is 28.1 Å². The molecule has 0 saturated carbocycles. The van der Waals surface area contributed by atoms with Crippen molar-refractivity contribution in [1.82, 2.24) is 0 Å². The molecule has 138 valence electrons. The fourth-order valence-corrected chi connectivity index (χ4v) is 3.12. The average Bonchev–Trinajstić information content (AvgIpc) is 3.05. The molecule has 28 heavy (non-hydrogen) atoms. The fourth-order valence-electron chi connectivity index (χ4n) is 3.12. The van der Waals surface area contributed by atoms with Gasteiger partial charge in [-0.05, 0) is 42.8 Å². The Morgan fingerprint density at radius 1 is 0.929 bits per heavy atom. The van der Waals surface area contributed by atoms with Crippen molar-refractivity contribution >= 4 is 23.5 Å². The number of aryl methyl sites for hydroxylation is 1. The van der Waals surface area contributed by atoms with E-state index in [-0.39, 0.29) is 5.91 Å². The summed E-state index contributed by atoms with van der Waals surface area (Å²) in [4.78, 5) is 19.6. The van der Waals surface area contributed by atoms with Crippen molar-refractivity contribution in [2.24, 2.45) is 4.99 Å². The Morgan fingerprint density at radius 2 is 1.68 bits per heavy atom. The number of anilines is 1. The van der Waals surface area contributed by atoms with Gasteiger partial charge in [-0.3, -0.25) is 9.69 Å². The van der Waals surface area contributed by atoms with Crippen molar-refractivity contribution in [2.45, 2.75) is 6.92 Å². The molecular formula is C24H20N2O2. The Balaban J connectivity index is 1.81. The van der Waals surface area contributed by atoms with Crippen LogP contribution in [0.1, 0.15) is 16.7 Å². The smallest absolute Gasteiger partial charge is 0.282 e. The number of amidine groups is 1. The van der Waals surface area contributed by atoms with Gasteiger partial charge >= 0.3 is 0 Å². The normalized spacial score (nSPS) is 15.1. The summed E-state index contributed by atoms with van der Waals surface area (Å²) in [5.41, 5.74) is 4.11. The largest absolute Gasteiger partial charge is 0.497 e. The van der Waals surface area contributed by atoms with Gasteiger partial charge in [-0.1, -0.05) is 60.2 Å². The maximum Gasteiger partial charge on any atom is 0.282 e. The minimum absolute atomic E-state index is 0.149. The quantitative estimate of drug-likeness (QED) is 0.619. The van der Waals surface area contributed by atoms with Crippen LogP contribution in [-0.2, 0) is 4.79 Å². The standard InChI is InChI=1S/C24H20N2O2/c1-17-11-13-19(14-12-17)23-25-22(16-18-7-6-10-21(15-18)28-2)24(27)26(23)20-8-4-3-5-9-20/h3-16H,1-2H3/b22-16+. The molecule has 1 heterocycles. The van der Waals surface area contributed by atoms with E-state index < -0.39 is 0 Å². The monoisotopic (exact) mass is 368 g/mol. The van der Waals surface area contributed by atoms with E-state index in [1.165, 1.54) is 0 Å². The van der Waals surface area contributed by atoms with E-state index in [1.807, 2.05) is 85.8 Å². The van der Waals surface area contributed by atoms with Crippen LogP contribution in [0.25, 0.3) is 6.08 Å². The van der Waals surface area contributed by atoms with Crippen LogP contribution < -0.4 is 9.64 Å². The van der Waals surface area contributed by atoms with E-state index in [0.29, 0.717) is 11.5 Å². The van der Waals surface area contributed by atoms with Crippen LogP contribution in [0.15, 0.2) is 89.6 Å². The molecule has 4 nitrogen and oxygen atoms in total. The first-order valence-corrected chi connectivity index (χ1v) is 9.07. The molecule has 0 N–H and O–H groups in total. The van der Waals surface area contributed by atoms with Gasteiger partial charge in [-0.25, -0.2) is 4.99 Å². The molecule has 0 radical (unpaired) electrons. The first kappa shape index (κ1) is 17.7. The molecule has 0 fully saturated rings. The highest BCUT2D eigenvalue weighted by molar-refractivity contribution is 6.33. The van der Waals surface area contributed by atoms with Gasteiger partial charge in [0.15, 0.2) is 0 Å². The lowest BCUT2D eigenvalue weighted by atomic mass is 10.1. The molecule has 0 aromatic heterocycles. The predicted octanol–water partition coefficient (Wildman–Crippen LogP) is 4.84. The number of rotatable bonds is 4. The van der Waals surface area contributed by atoms with Crippen molar-refractivity contribution in [3.63, 3.8) is 0 Å². The number of amides is 1. The van der Waals surface area contributed by atoms with Crippen molar-refractivity contribution in [2.75, 3.05) is 12.0 Å². The fraction of sp³-hybridized carbons (Fsp3) is 0.0833. The van der Waals surface area contributed by atoms with Gasteiger partial charge < -0.3 is 4.74 Å². The van der Waals surface area contributed by atoms with E-state index in [4.69, 9.17) is 9.73 Å². The van der Waals surface area contributed by atoms with Crippen molar-refractivity contribution in [3.05, 3.63) is 101 Å². The zero-order valence-electron chi connectivity index (χ0n) is 15.8. The van der Waals surface area contributed by atoms with E-state index >= 15 is 0 Å². The number of nitrogens with zero attached hydrogens (tertiary/aromatic N) is 2. The molecule has 4 rings (SSSR count). The first-order chi connectivity index (χ1) is 13.7. The number of methoxy groups -OCH3 is 1. The number of para-hydroxylation sites is 1. The summed E-state index contributed by atoms with van der Waals surface area (Å²) in [6.45, 7) is 2.04. The summed E-state index contributed by atoms with van der Waals surface area (Å²) < 4.78 is 5.28. The van der Waals surface area contributed by atoms with Crippen LogP contribution >= 0.6 is 0 Å². The highest BCUT2D eigenvalue weighted by Crippen LogP contribution is 2.28. The molecular weight excluding hydrogens is 348 g/mol. The Kier molecular flexibility index (Phi) is 4.77. The van der Waals surface area contributed by atoms with E-state index in [1.54, 1.807) is 18.1 Å². The van der Waals surface area contributed by atoms with Crippen molar-refractivity contribution < 1.29 is 9.53 Å². The zero-order valence-corrected chi connectivity index (χ0v) is 15.8. The van der Waals surface area contributed by atoms with Crippen LogP contribution in [0.5, 0.6) is 5.75 Å². The molecule has 0 bridgehead atoms. The summed E-state index contributed by atoms with van der Waals surface area (Å²) in [5, 5.41) is 0. The van der Waals surface area contributed by atoms with Crippen molar-refractivity contribution in [1.29, 1.82) is 0 Å². The topological polar surface area (TPSA) is 41.9 Å². The molecule has 0 aliphatic carbocycles. The van der Waals surface area contributed by atoms with Crippen LogP contribution in [0.2, 0.25) is 0 Å². The number of aliphatic imine (C=N–C) groups is 1. The SMILES string of the molecule is COc1cccc(/C=C2/N=C(c3ccc(C)cc3)N(c3ccccc3)C2=O)c1. The second kappa shape index (κ2) is 7.53. The second-order valence-electron chi connectivity index (χ2n) is 6.58. The lowest BCUT2D eigenvalue weighted by Crippen LogP contribution is -2.32. The lowest BCUT2D eigenvalue weighted by Gasteiger charge is -2.18. The third-order valence-corrected chi connectivity index (χ3v) is 4.58. The maximum absolute atomic E-state index is 13.2. The van der Waals surface area contributed by atoms with E-state index in [9.17, 15) is 4.79 Å². The summed E-state index contributed by atoms with van der Waals surface area (Å²) in [6.07, 6.45) is 1.79. The van der Waals surface area contributed by atoms with Gasteiger partial charge in [0, 0.05) is 5.56 Å². The maximum atomic E-state index is 13.2. The van der Waals surface area contributed by atoms with Gasteiger partial charge in [0.05, 0.1) is 12.8 Å². The van der Waals surface area contributed by atoms with Gasteiger partial charge in [-0.15, -0.1) is 0 Å². The third kappa shape index (κ3) is 3.45. The molecule has 1 aliphatic heterocycles. The molecule has 1 amide bonds. The molecule has 0 saturated heterocycles. The van der Waals surface area contributed by atoms with Gasteiger partial charge in [0.25, 0.3) is 5.91 Å². The van der Waals surface area contributed by atoms with Crippen LogP contribution in [0.4, 0.5) is 5.69 Å². The van der Waals surface area contributed by atoms with Gasteiger partial charge in [-0.2, -0.15) is 0 Å². The average molecular weight is 368 g/mol.